The average molecular weight is 216 g/mol. The highest BCUT2D eigenvalue weighted by molar-refractivity contribution is 5.38. The van der Waals surface area contributed by atoms with Crippen molar-refractivity contribution < 1.29 is 5.11 Å². The molecule has 3 rings (SSSR count). The molecule has 0 saturated heterocycles. The Morgan fingerprint density at radius 3 is 2.94 bits per heavy atom. The van der Waals surface area contributed by atoms with Crippen LogP contribution >= 0.6 is 0 Å². The molecule has 0 spiro atoms. The van der Waals surface area contributed by atoms with E-state index < -0.39 is 0 Å². The van der Waals surface area contributed by atoms with E-state index in [2.05, 4.69) is 31.2 Å². The predicted molar refractivity (Wildman–Crippen MR) is 65.5 cm³/mol. The van der Waals surface area contributed by atoms with Crippen molar-refractivity contribution in [2.24, 2.45) is 5.92 Å². The summed E-state index contributed by atoms with van der Waals surface area (Å²) in [7, 11) is 0. The molecule has 1 saturated carbocycles. The molecule has 2 aliphatic carbocycles. The summed E-state index contributed by atoms with van der Waals surface area (Å²) in [6.45, 7) is 2.36. The molecule has 0 radical (unpaired) electrons. The van der Waals surface area contributed by atoms with Gasteiger partial charge in [-0.1, -0.05) is 44.0 Å². The average Bonchev–Trinajstić information content (AvgIpc) is 2.29. The van der Waals surface area contributed by atoms with E-state index in [4.69, 9.17) is 0 Å². The molecule has 0 aliphatic heterocycles. The first-order valence-electron chi connectivity index (χ1n) is 6.48. The summed E-state index contributed by atoms with van der Waals surface area (Å²) in [5.74, 6) is 0.483. The van der Waals surface area contributed by atoms with E-state index in [0.717, 1.165) is 6.42 Å². The van der Waals surface area contributed by atoms with Crippen molar-refractivity contribution in [2.45, 2.75) is 50.5 Å². The zero-order chi connectivity index (χ0) is 11.2. The van der Waals surface area contributed by atoms with E-state index in [1.165, 1.54) is 36.8 Å². The molecule has 86 valence electrons. The molecule has 0 amide bonds. The Balaban J connectivity index is 2.12. The maximum Gasteiger partial charge on any atom is 0.0617 e. The predicted octanol–water partition coefficient (Wildman–Crippen LogP) is 3.05. The second kappa shape index (κ2) is 3.59. The minimum absolute atomic E-state index is 0.125. The summed E-state index contributed by atoms with van der Waals surface area (Å²) < 4.78 is 0. The Bertz CT molecular complexity index is 398. The van der Waals surface area contributed by atoms with E-state index in [-0.39, 0.29) is 11.5 Å². The number of aliphatic hydroxyl groups is 1. The minimum atomic E-state index is -0.125. The fraction of sp³-hybridized carbons (Fsp3) is 0.600. The number of hydrogen-bond donors (Lipinski definition) is 1. The first kappa shape index (κ1) is 10.3. The summed E-state index contributed by atoms with van der Waals surface area (Å²) in [4.78, 5) is 0. The van der Waals surface area contributed by atoms with Crippen LogP contribution in [0.5, 0.6) is 0 Å². The number of rotatable bonds is 0. The van der Waals surface area contributed by atoms with Crippen LogP contribution in [0.3, 0.4) is 0 Å². The highest BCUT2D eigenvalue weighted by Gasteiger charge is 2.45. The lowest BCUT2D eigenvalue weighted by atomic mass is 9.57. The lowest BCUT2D eigenvalue weighted by Crippen LogP contribution is -2.47. The van der Waals surface area contributed by atoms with Gasteiger partial charge in [0, 0.05) is 0 Å². The van der Waals surface area contributed by atoms with Gasteiger partial charge in [-0.3, -0.25) is 0 Å². The number of hydrogen-bond acceptors (Lipinski definition) is 1. The van der Waals surface area contributed by atoms with E-state index in [1.807, 2.05) is 0 Å². The zero-order valence-corrected chi connectivity index (χ0v) is 9.95. The Labute approximate surface area is 97.5 Å². The lowest BCUT2D eigenvalue weighted by Gasteiger charge is -2.48. The van der Waals surface area contributed by atoms with Crippen molar-refractivity contribution in [1.82, 2.24) is 0 Å². The molecular weight excluding hydrogens is 196 g/mol. The molecule has 1 nitrogen and oxygen atoms in total. The first-order chi connectivity index (χ1) is 7.72. The van der Waals surface area contributed by atoms with Crippen molar-refractivity contribution in [3.8, 4) is 0 Å². The molecule has 0 unspecified atom stereocenters. The lowest BCUT2D eigenvalue weighted by molar-refractivity contribution is 0.0237. The second-order valence-electron chi connectivity index (χ2n) is 5.70. The van der Waals surface area contributed by atoms with Crippen LogP contribution in [0.25, 0.3) is 0 Å². The van der Waals surface area contributed by atoms with Crippen LogP contribution in [0.2, 0.25) is 0 Å². The largest absolute Gasteiger partial charge is 0.392 e. The molecule has 0 bridgehead atoms. The highest BCUT2D eigenvalue weighted by Crippen LogP contribution is 2.49. The molecule has 1 fully saturated rings. The fourth-order valence-electron chi connectivity index (χ4n) is 3.93. The molecule has 1 aromatic carbocycles. The summed E-state index contributed by atoms with van der Waals surface area (Å²) in [5, 5.41) is 10.3. The van der Waals surface area contributed by atoms with Crippen LogP contribution < -0.4 is 0 Å². The number of aliphatic hydroxyl groups excluding tert-OH is 1. The van der Waals surface area contributed by atoms with Crippen LogP contribution in [0.15, 0.2) is 24.3 Å². The quantitative estimate of drug-likeness (QED) is 0.706. The van der Waals surface area contributed by atoms with Gasteiger partial charge in [-0.15, -0.1) is 0 Å². The molecule has 0 heterocycles. The van der Waals surface area contributed by atoms with Gasteiger partial charge >= 0.3 is 0 Å². The minimum Gasteiger partial charge on any atom is -0.392 e. The van der Waals surface area contributed by atoms with Gasteiger partial charge in [-0.05, 0) is 41.7 Å². The Morgan fingerprint density at radius 2 is 2.06 bits per heavy atom. The molecule has 1 heteroatoms. The van der Waals surface area contributed by atoms with Crippen LogP contribution in [0.4, 0.5) is 0 Å². The smallest absolute Gasteiger partial charge is 0.0617 e. The van der Waals surface area contributed by atoms with Crippen molar-refractivity contribution in [3.05, 3.63) is 35.4 Å². The molecule has 1 aromatic rings. The van der Waals surface area contributed by atoms with Gasteiger partial charge in [0.1, 0.15) is 0 Å². The van der Waals surface area contributed by atoms with Crippen molar-refractivity contribution in [1.29, 1.82) is 0 Å². The Hall–Kier alpha value is -0.820. The topological polar surface area (TPSA) is 20.2 Å². The van der Waals surface area contributed by atoms with Gasteiger partial charge in [-0.25, -0.2) is 0 Å². The maximum absolute atomic E-state index is 10.3. The molecular formula is C15H20O. The van der Waals surface area contributed by atoms with E-state index >= 15 is 0 Å². The van der Waals surface area contributed by atoms with Crippen LogP contribution in [-0.2, 0) is 11.8 Å². The van der Waals surface area contributed by atoms with Crippen molar-refractivity contribution in [3.63, 3.8) is 0 Å². The standard InChI is InChI=1S/C15H20O/c1-15-9-5-4-8-13(15)14(16)10-11-6-2-3-7-12(11)15/h2-3,6-7,13-14,16H,4-5,8-10H2,1H3/t13-,14-,15-/m1/s1. The normalized spacial score (nSPS) is 37.6. The van der Waals surface area contributed by atoms with E-state index in [1.54, 1.807) is 0 Å². The monoisotopic (exact) mass is 216 g/mol. The summed E-state index contributed by atoms with van der Waals surface area (Å²) in [5.41, 5.74) is 3.10. The van der Waals surface area contributed by atoms with Gasteiger partial charge in [0.25, 0.3) is 0 Å². The molecule has 3 atom stereocenters. The third-order valence-electron chi connectivity index (χ3n) is 4.81. The third kappa shape index (κ3) is 1.34. The van der Waals surface area contributed by atoms with Crippen LogP contribution in [-0.4, -0.2) is 11.2 Å². The van der Waals surface area contributed by atoms with Gasteiger partial charge < -0.3 is 5.11 Å². The summed E-state index contributed by atoms with van der Waals surface area (Å²) in [6, 6.07) is 8.71. The van der Waals surface area contributed by atoms with Gasteiger partial charge in [0.05, 0.1) is 6.10 Å². The van der Waals surface area contributed by atoms with Gasteiger partial charge in [0.15, 0.2) is 0 Å². The van der Waals surface area contributed by atoms with Crippen LogP contribution in [0.1, 0.15) is 43.7 Å². The maximum atomic E-state index is 10.3. The Kier molecular flexibility index (Phi) is 2.32. The molecule has 1 N–H and O–H groups in total. The van der Waals surface area contributed by atoms with E-state index in [0.29, 0.717) is 5.92 Å². The number of fused-ring (bicyclic) bond motifs is 3. The van der Waals surface area contributed by atoms with Crippen LogP contribution in [0, 0.1) is 5.92 Å². The van der Waals surface area contributed by atoms with Gasteiger partial charge in [-0.2, -0.15) is 0 Å². The highest BCUT2D eigenvalue weighted by atomic mass is 16.3. The SMILES string of the molecule is C[C@]12CCCC[C@@H]1[C@H](O)Cc1ccccc12. The van der Waals surface area contributed by atoms with Gasteiger partial charge in [0.2, 0.25) is 0 Å². The number of benzene rings is 1. The van der Waals surface area contributed by atoms with Crippen molar-refractivity contribution >= 4 is 0 Å². The van der Waals surface area contributed by atoms with E-state index in [9.17, 15) is 5.11 Å². The molecule has 16 heavy (non-hydrogen) atoms. The summed E-state index contributed by atoms with van der Waals surface area (Å²) >= 11 is 0. The molecule has 0 aromatic heterocycles. The third-order valence-corrected chi connectivity index (χ3v) is 4.81. The second-order valence-corrected chi connectivity index (χ2v) is 5.70. The first-order valence-corrected chi connectivity index (χ1v) is 6.48. The zero-order valence-electron chi connectivity index (χ0n) is 9.95. The summed E-state index contributed by atoms with van der Waals surface area (Å²) in [6.07, 6.45) is 5.78. The Morgan fingerprint density at radius 1 is 1.25 bits per heavy atom. The molecule has 2 aliphatic rings. The van der Waals surface area contributed by atoms with Crippen molar-refractivity contribution in [2.75, 3.05) is 0 Å². The fourth-order valence-corrected chi connectivity index (χ4v) is 3.93.